The van der Waals surface area contributed by atoms with Gasteiger partial charge in [-0.2, -0.15) is 0 Å². The Bertz CT molecular complexity index is 856. The summed E-state index contributed by atoms with van der Waals surface area (Å²) in [4.78, 5) is 16.5. The smallest absolute Gasteiger partial charge is 0.414 e. The van der Waals surface area contributed by atoms with Crippen LogP contribution >= 0.6 is 27.5 Å². The first-order valence-corrected chi connectivity index (χ1v) is 11.9. The number of carbonyl (C=O) groups excluding carboxylic acids is 1. The highest BCUT2D eigenvalue weighted by atomic mass is 79.9. The summed E-state index contributed by atoms with van der Waals surface area (Å²) < 4.78 is 6.61. The molecular weight excluding hydrogens is 464 g/mol. The van der Waals surface area contributed by atoms with E-state index in [0.717, 1.165) is 54.2 Å². The van der Waals surface area contributed by atoms with E-state index in [9.17, 15) is 4.79 Å². The Morgan fingerprint density at radius 1 is 1.07 bits per heavy atom. The van der Waals surface area contributed by atoms with Gasteiger partial charge in [-0.25, -0.2) is 4.79 Å². The molecule has 2 heterocycles. The van der Waals surface area contributed by atoms with Gasteiger partial charge in [0.15, 0.2) is 0 Å². The first-order chi connectivity index (χ1) is 14.6. The van der Waals surface area contributed by atoms with Crippen molar-refractivity contribution >= 4 is 39.3 Å². The average molecular weight is 492 g/mol. The molecule has 0 N–H and O–H groups in total. The lowest BCUT2D eigenvalue weighted by Gasteiger charge is -2.35. The standard InChI is InChI=1S/C24H28BrClN2O2/c25-23-7-6-21(26)15-20(23)14-18-8-11-27(12-9-18)13-10-19-16-28(24(29)30-17-19)22-4-2-1-3-5-22/h1-7,15,18-19H,8-14,16-17H2. The number of ether oxygens (including phenoxy) is 1. The van der Waals surface area contributed by atoms with Crippen molar-refractivity contribution in [2.24, 2.45) is 11.8 Å². The number of piperidine rings is 1. The van der Waals surface area contributed by atoms with Crippen molar-refractivity contribution in [3.05, 3.63) is 63.6 Å². The summed E-state index contributed by atoms with van der Waals surface area (Å²) in [5.41, 5.74) is 2.23. The van der Waals surface area contributed by atoms with Crippen molar-refractivity contribution in [3.8, 4) is 0 Å². The number of likely N-dealkylation sites (tertiary alicyclic amines) is 1. The molecule has 0 bridgehead atoms. The Hall–Kier alpha value is -1.56. The molecule has 2 saturated heterocycles. The highest BCUT2D eigenvalue weighted by molar-refractivity contribution is 9.10. The van der Waals surface area contributed by atoms with Crippen LogP contribution in [-0.2, 0) is 11.2 Å². The van der Waals surface area contributed by atoms with Crippen molar-refractivity contribution in [3.63, 3.8) is 0 Å². The summed E-state index contributed by atoms with van der Waals surface area (Å²) in [6, 6.07) is 15.9. The van der Waals surface area contributed by atoms with Gasteiger partial charge in [0.1, 0.15) is 0 Å². The zero-order valence-corrected chi connectivity index (χ0v) is 19.4. The Balaban J connectivity index is 1.23. The minimum atomic E-state index is -0.231. The number of hydrogen-bond donors (Lipinski definition) is 0. The van der Waals surface area contributed by atoms with Crippen molar-refractivity contribution in [2.45, 2.75) is 25.7 Å². The van der Waals surface area contributed by atoms with E-state index in [1.165, 1.54) is 18.4 Å². The van der Waals surface area contributed by atoms with Crippen molar-refractivity contribution in [1.29, 1.82) is 0 Å². The van der Waals surface area contributed by atoms with Gasteiger partial charge in [-0.15, -0.1) is 0 Å². The molecule has 0 aliphatic carbocycles. The van der Waals surface area contributed by atoms with E-state index in [1.54, 1.807) is 4.90 Å². The minimum absolute atomic E-state index is 0.231. The second kappa shape index (κ2) is 10.2. The molecule has 2 aliphatic rings. The van der Waals surface area contributed by atoms with Gasteiger partial charge in [-0.3, -0.25) is 4.90 Å². The molecule has 30 heavy (non-hydrogen) atoms. The maximum atomic E-state index is 12.2. The maximum absolute atomic E-state index is 12.2. The van der Waals surface area contributed by atoms with Crippen LogP contribution in [0.2, 0.25) is 5.02 Å². The zero-order chi connectivity index (χ0) is 20.9. The van der Waals surface area contributed by atoms with Crippen LogP contribution in [0, 0.1) is 11.8 Å². The fraction of sp³-hybridized carbons (Fsp3) is 0.458. The summed E-state index contributed by atoms with van der Waals surface area (Å²) in [7, 11) is 0. The molecule has 0 radical (unpaired) electrons. The number of nitrogens with zero attached hydrogens (tertiary/aromatic N) is 2. The molecule has 1 unspecified atom stereocenters. The van der Waals surface area contributed by atoms with Gasteiger partial charge in [-0.05, 0) is 87.1 Å². The first kappa shape index (κ1) is 21.7. The van der Waals surface area contributed by atoms with Crippen LogP contribution < -0.4 is 4.90 Å². The van der Waals surface area contributed by atoms with Gasteiger partial charge < -0.3 is 9.64 Å². The lowest BCUT2D eigenvalue weighted by molar-refractivity contribution is 0.103. The van der Waals surface area contributed by atoms with E-state index in [0.29, 0.717) is 18.4 Å². The highest BCUT2D eigenvalue weighted by Crippen LogP contribution is 2.28. The topological polar surface area (TPSA) is 32.8 Å². The van der Waals surface area contributed by atoms with Crippen LogP contribution in [0.4, 0.5) is 10.5 Å². The van der Waals surface area contributed by atoms with Crippen LogP contribution in [0.25, 0.3) is 0 Å². The number of benzene rings is 2. The molecule has 0 spiro atoms. The van der Waals surface area contributed by atoms with Crippen LogP contribution in [0.3, 0.4) is 0 Å². The SMILES string of the molecule is O=C1OCC(CCN2CCC(Cc3cc(Cl)ccc3Br)CC2)CN1c1ccccc1. The van der Waals surface area contributed by atoms with Crippen LogP contribution in [0.15, 0.2) is 53.0 Å². The molecule has 6 heteroatoms. The summed E-state index contributed by atoms with van der Waals surface area (Å²) in [6.07, 6.45) is 4.34. The Kier molecular flexibility index (Phi) is 7.34. The average Bonchev–Trinajstić information content (AvgIpc) is 2.77. The summed E-state index contributed by atoms with van der Waals surface area (Å²) in [5, 5.41) is 0.809. The second-order valence-electron chi connectivity index (χ2n) is 8.40. The van der Waals surface area contributed by atoms with Gasteiger partial charge in [0, 0.05) is 27.6 Å². The van der Waals surface area contributed by atoms with Crippen molar-refractivity contribution < 1.29 is 9.53 Å². The highest BCUT2D eigenvalue weighted by Gasteiger charge is 2.29. The van der Waals surface area contributed by atoms with E-state index in [2.05, 4.69) is 26.9 Å². The van der Waals surface area contributed by atoms with Gasteiger partial charge in [0.2, 0.25) is 0 Å². The molecule has 0 saturated carbocycles. The van der Waals surface area contributed by atoms with Crippen LogP contribution in [-0.4, -0.2) is 43.8 Å². The number of carbonyl (C=O) groups is 1. The second-order valence-corrected chi connectivity index (χ2v) is 9.69. The Morgan fingerprint density at radius 2 is 1.83 bits per heavy atom. The molecular formula is C24H28BrClN2O2. The lowest BCUT2D eigenvalue weighted by Crippen LogP contribution is -2.44. The molecule has 2 aromatic rings. The normalized spacial score (nSPS) is 20.9. The lowest BCUT2D eigenvalue weighted by atomic mass is 9.90. The maximum Gasteiger partial charge on any atom is 0.414 e. The monoisotopic (exact) mass is 490 g/mol. The van der Waals surface area contributed by atoms with Gasteiger partial charge in [0.05, 0.1) is 6.61 Å². The van der Waals surface area contributed by atoms with Gasteiger partial charge in [0.25, 0.3) is 0 Å². The molecule has 0 aromatic heterocycles. The molecule has 1 atom stereocenters. The third-order valence-electron chi connectivity index (χ3n) is 6.25. The summed E-state index contributed by atoms with van der Waals surface area (Å²) in [5.74, 6) is 1.09. The minimum Gasteiger partial charge on any atom is -0.449 e. The van der Waals surface area contributed by atoms with Gasteiger partial charge in [-0.1, -0.05) is 45.7 Å². The zero-order valence-electron chi connectivity index (χ0n) is 17.1. The number of cyclic esters (lactones) is 1. The van der Waals surface area contributed by atoms with Crippen molar-refractivity contribution in [2.75, 3.05) is 37.7 Å². The predicted octanol–water partition coefficient (Wildman–Crippen LogP) is 6.02. The number of hydrogen-bond acceptors (Lipinski definition) is 3. The molecule has 2 fully saturated rings. The van der Waals surface area contributed by atoms with E-state index in [-0.39, 0.29) is 6.09 Å². The van der Waals surface area contributed by atoms with E-state index in [1.807, 2.05) is 42.5 Å². The number of amides is 1. The fourth-order valence-corrected chi connectivity index (χ4v) is 5.04. The number of para-hydroxylation sites is 1. The van der Waals surface area contributed by atoms with E-state index >= 15 is 0 Å². The number of rotatable bonds is 6. The first-order valence-electron chi connectivity index (χ1n) is 10.7. The number of halogens is 2. The predicted molar refractivity (Wildman–Crippen MR) is 125 cm³/mol. The third kappa shape index (κ3) is 5.57. The molecule has 4 nitrogen and oxygen atoms in total. The van der Waals surface area contributed by atoms with Crippen molar-refractivity contribution in [1.82, 2.24) is 4.90 Å². The molecule has 1 amide bonds. The molecule has 4 rings (SSSR count). The van der Waals surface area contributed by atoms with Crippen LogP contribution in [0.1, 0.15) is 24.8 Å². The summed E-state index contributed by atoms with van der Waals surface area (Å²) in [6.45, 7) is 4.61. The molecule has 2 aliphatic heterocycles. The quantitative estimate of drug-likeness (QED) is 0.495. The summed E-state index contributed by atoms with van der Waals surface area (Å²) >= 11 is 9.82. The fourth-order valence-electron chi connectivity index (χ4n) is 4.44. The van der Waals surface area contributed by atoms with E-state index < -0.39 is 0 Å². The molecule has 2 aromatic carbocycles. The Labute approximate surface area is 192 Å². The molecule has 160 valence electrons. The van der Waals surface area contributed by atoms with E-state index in [4.69, 9.17) is 16.3 Å². The largest absolute Gasteiger partial charge is 0.449 e. The Morgan fingerprint density at radius 3 is 2.60 bits per heavy atom. The third-order valence-corrected chi connectivity index (χ3v) is 7.26. The van der Waals surface area contributed by atoms with Crippen LogP contribution in [0.5, 0.6) is 0 Å². The number of anilines is 1. The van der Waals surface area contributed by atoms with Gasteiger partial charge >= 0.3 is 6.09 Å².